The fraction of sp³-hybridized carbons (Fsp3) is 0.222. The number of nitrogens with one attached hydrogen (secondary N) is 1. The normalized spacial score (nSPS) is 10.2. The molecule has 0 heterocycles. The largest absolute Gasteiger partial charge is 0.496 e. The lowest BCUT2D eigenvalue weighted by molar-refractivity contribution is 0.0691. The molecule has 0 fully saturated rings. The van der Waals surface area contributed by atoms with E-state index in [-0.39, 0.29) is 11.1 Å². The van der Waals surface area contributed by atoms with Crippen molar-refractivity contribution in [3.63, 3.8) is 0 Å². The molecule has 2 N–H and O–H groups in total. The molecule has 0 atom stereocenters. The van der Waals surface area contributed by atoms with E-state index in [0.717, 1.165) is 10.0 Å². The predicted octanol–water partition coefficient (Wildman–Crippen LogP) is 3.14. The first kappa shape index (κ1) is 18.8. The molecule has 0 bridgehead atoms. The van der Waals surface area contributed by atoms with Gasteiger partial charge in [0.05, 0.1) is 29.8 Å². The highest BCUT2D eigenvalue weighted by Gasteiger charge is 2.16. The Bertz CT molecular complexity index is 791. The maximum atomic E-state index is 12.3. The van der Waals surface area contributed by atoms with E-state index in [9.17, 15) is 9.59 Å². The molecule has 2 rings (SSSR count). The van der Waals surface area contributed by atoms with Crippen LogP contribution in [0.5, 0.6) is 11.5 Å². The SMILES string of the molecule is COc1cc(CCNC(=O)c2ccccc2C(=O)O)c(OC)cc1Br. The Morgan fingerprint density at radius 2 is 1.72 bits per heavy atom. The average Bonchev–Trinajstić information content (AvgIpc) is 2.62. The molecule has 6 nitrogen and oxygen atoms in total. The minimum absolute atomic E-state index is 0.0251. The van der Waals surface area contributed by atoms with Gasteiger partial charge in [0.1, 0.15) is 11.5 Å². The standard InChI is InChI=1S/C18H18BrNO5/c1-24-15-10-14(19)16(25-2)9-11(15)7-8-20-17(21)12-5-3-4-6-13(12)18(22)23/h3-6,9-10H,7-8H2,1-2H3,(H,20,21)(H,22,23). The third-order valence-corrected chi connectivity index (χ3v) is 4.26. The van der Waals surface area contributed by atoms with Gasteiger partial charge in [0.2, 0.25) is 0 Å². The Balaban J connectivity index is 2.08. The number of rotatable bonds is 7. The Hall–Kier alpha value is -2.54. The number of halogens is 1. The van der Waals surface area contributed by atoms with Crippen LogP contribution in [-0.4, -0.2) is 37.7 Å². The number of carboxylic acids is 1. The molecule has 7 heteroatoms. The lowest BCUT2D eigenvalue weighted by atomic mass is 10.1. The summed E-state index contributed by atoms with van der Waals surface area (Å²) in [5, 5.41) is 11.9. The maximum Gasteiger partial charge on any atom is 0.336 e. The summed E-state index contributed by atoms with van der Waals surface area (Å²) >= 11 is 3.40. The molecule has 0 unspecified atom stereocenters. The van der Waals surface area contributed by atoms with E-state index >= 15 is 0 Å². The van der Waals surface area contributed by atoms with E-state index in [2.05, 4.69) is 21.2 Å². The molecule has 132 valence electrons. The van der Waals surface area contributed by atoms with Gasteiger partial charge in [-0.2, -0.15) is 0 Å². The van der Waals surface area contributed by atoms with Gasteiger partial charge < -0.3 is 19.9 Å². The van der Waals surface area contributed by atoms with Crippen molar-refractivity contribution < 1.29 is 24.2 Å². The van der Waals surface area contributed by atoms with Crippen LogP contribution in [0.25, 0.3) is 0 Å². The number of carbonyl (C=O) groups is 2. The van der Waals surface area contributed by atoms with E-state index in [1.807, 2.05) is 6.07 Å². The highest BCUT2D eigenvalue weighted by Crippen LogP contribution is 2.32. The van der Waals surface area contributed by atoms with Crippen LogP contribution in [0.1, 0.15) is 26.3 Å². The summed E-state index contributed by atoms with van der Waals surface area (Å²) in [6.45, 7) is 0.327. The molecule has 0 aliphatic rings. The summed E-state index contributed by atoms with van der Waals surface area (Å²) in [5.74, 6) is -0.225. The van der Waals surface area contributed by atoms with Gasteiger partial charge in [-0.15, -0.1) is 0 Å². The molecule has 2 aromatic carbocycles. The minimum Gasteiger partial charge on any atom is -0.496 e. The van der Waals surface area contributed by atoms with Crippen LogP contribution in [-0.2, 0) is 6.42 Å². The summed E-state index contributed by atoms with van der Waals surface area (Å²) in [6.07, 6.45) is 0.508. The fourth-order valence-electron chi connectivity index (χ4n) is 2.39. The molecule has 25 heavy (non-hydrogen) atoms. The van der Waals surface area contributed by atoms with Crippen LogP contribution in [0, 0.1) is 0 Å². The van der Waals surface area contributed by atoms with E-state index < -0.39 is 11.9 Å². The van der Waals surface area contributed by atoms with Gasteiger partial charge in [-0.3, -0.25) is 4.79 Å². The molecule has 1 amide bonds. The van der Waals surface area contributed by atoms with Gasteiger partial charge in [-0.1, -0.05) is 12.1 Å². The molecular formula is C18H18BrNO5. The third-order valence-electron chi connectivity index (χ3n) is 3.64. The van der Waals surface area contributed by atoms with Gasteiger partial charge in [-0.05, 0) is 52.2 Å². The van der Waals surface area contributed by atoms with Gasteiger partial charge in [0.25, 0.3) is 5.91 Å². The second kappa shape index (κ2) is 8.53. The number of hydrogen-bond donors (Lipinski definition) is 2. The van der Waals surface area contributed by atoms with Crippen LogP contribution in [0.15, 0.2) is 40.9 Å². The zero-order valence-corrected chi connectivity index (χ0v) is 15.4. The van der Waals surface area contributed by atoms with Crippen molar-refractivity contribution in [3.8, 4) is 11.5 Å². The van der Waals surface area contributed by atoms with E-state index in [1.165, 1.54) is 12.1 Å². The second-order valence-electron chi connectivity index (χ2n) is 5.16. The van der Waals surface area contributed by atoms with Crippen molar-refractivity contribution in [1.82, 2.24) is 5.32 Å². The lowest BCUT2D eigenvalue weighted by Crippen LogP contribution is -2.27. The number of aromatic carboxylic acids is 1. The zero-order chi connectivity index (χ0) is 18.4. The second-order valence-corrected chi connectivity index (χ2v) is 6.01. The highest BCUT2D eigenvalue weighted by molar-refractivity contribution is 9.10. The third kappa shape index (κ3) is 4.51. The number of carboxylic acid groups (broad SMARTS) is 1. The molecule has 0 aromatic heterocycles. The summed E-state index contributed by atoms with van der Waals surface area (Å²) in [6, 6.07) is 9.74. The van der Waals surface area contributed by atoms with Crippen LogP contribution < -0.4 is 14.8 Å². The molecule has 0 spiro atoms. The van der Waals surface area contributed by atoms with Gasteiger partial charge in [-0.25, -0.2) is 4.79 Å². The summed E-state index contributed by atoms with van der Waals surface area (Å²) in [4.78, 5) is 23.4. The smallest absolute Gasteiger partial charge is 0.336 e. The van der Waals surface area contributed by atoms with Crippen molar-refractivity contribution in [2.75, 3.05) is 20.8 Å². The van der Waals surface area contributed by atoms with E-state index in [4.69, 9.17) is 14.6 Å². The maximum absolute atomic E-state index is 12.3. The number of hydrogen-bond acceptors (Lipinski definition) is 4. The number of benzene rings is 2. The Kier molecular flexibility index (Phi) is 6.41. The van der Waals surface area contributed by atoms with Gasteiger partial charge in [0, 0.05) is 6.54 Å². The highest BCUT2D eigenvalue weighted by atomic mass is 79.9. The van der Waals surface area contributed by atoms with E-state index in [0.29, 0.717) is 24.5 Å². The number of methoxy groups -OCH3 is 2. The molecular weight excluding hydrogens is 390 g/mol. The predicted molar refractivity (Wildman–Crippen MR) is 96.7 cm³/mol. The molecule has 0 radical (unpaired) electrons. The molecule has 0 saturated carbocycles. The topological polar surface area (TPSA) is 84.9 Å². The Morgan fingerprint density at radius 3 is 2.32 bits per heavy atom. The van der Waals surface area contributed by atoms with Crippen LogP contribution >= 0.6 is 15.9 Å². The van der Waals surface area contributed by atoms with Crippen molar-refractivity contribution in [3.05, 3.63) is 57.6 Å². The Labute approximate surface area is 153 Å². The Morgan fingerprint density at radius 1 is 1.08 bits per heavy atom. The first-order valence-corrected chi connectivity index (χ1v) is 8.28. The number of amides is 1. The number of ether oxygens (including phenoxy) is 2. The lowest BCUT2D eigenvalue weighted by Gasteiger charge is -2.13. The first-order valence-electron chi connectivity index (χ1n) is 7.48. The monoisotopic (exact) mass is 407 g/mol. The summed E-state index contributed by atoms with van der Waals surface area (Å²) in [5.41, 5.74) is 0.979. The van der Waals surface area contributed by atoms with Crippen LogP contribution in [0.2, 0.25) is 0 Å². The van der Waals surface area contributed by atoms with E-state index in [1.54, 1.807) is 32.4 Å². The van der Waals surface area contributed by atoms with Gasteiger partial charge >= 0.3 is 5.97 Å². The van der Waals surface area contributed by atoms with Crippen LogP contribution in [0.4, 0.5) is 0 Å². The van der Waals surface area contributed by atoms with Crippen molar-refractivity contribution in [1.29, 1.82) is 0 Å². The minimum atomic E-state index is -1.13. The molecule has 2 aromatic rings. The quantitative estimate of drug-likeness (QED) is 0.736. The zero-order valence-electron chi connectivity index (χ0n) is 13.8. The first-order chi connectivity index (χ1) is 12.0. The van der Waals surface area contributed by atoms with Crippen molar-refractivity contribution in [2.24, 2.45) is 0 Å². The fourth-order valence-corrected chi connectivity index (χ4v) is 2.88. The number of carbonyl (C=O) groups excluding carboxylic acids is 1. The molecule has 0 aliphatic heterocycles. The van der Waals surface area contributed by atoms with Gasteiger partial charge in [0.15, 0.2) is 0 Å². The summed E-state index contributed by atoms with van der Waals surface area (Å²) < 4.78 is 11.4. The van der Waals surface area contributed by atoms with Crippen LogP contribution in [0.3, 0.4) is 0 Å². The molecule has 0 aliphatic carbocycles. The van der Waals surface area contributed by atoms with Crippen molar-refractivity contribution in [2.45, 2.75) is 6.42 Å². The van der Waals surface area contributed by atoms with Crippen molar-refractivity contribution >= 4 is 27.8 Å². The average molecular weight is 408 g/mol. The summed E-state index contributed by atoms with van der Waals surface area (Å²) in [7, 11) is 3.14. The molecule has 0 saturated heterocycles.